The van der Waals surface area contributed by atoms with Crippen molar-refractivity contribution in [3.05, 3.63) is 65.2 Å². The molecule has 2 aromatic carbocycles. The van der Waals surface area contributed by atoms with Crippen LogP contribution in [0.1, 0.15) is 29.7 Å². The molecule has 2 rings (SSSR count). The predicted molar refractivity (Wildman–Crippen MR) is 89.6 cm³/mol. The SMILES string of the molecule is Cc1ccc([C@@H](C)NC(=O)CSc2ccccc2)cc1C. The van der Waals surface area contributed by atoms with E-state index < -0.39 is 0 Å². The number of hydrogen-bond donors (Lipinski definition) is 1. The molecule has 0 unspecified atom stereocenters. The summed E-state index contributed by atoms with van der Waals surface area (Å²) in [4.78, 5) is 13.1. The minimum atomic E-state index is 0.0353. The number of amides is 1. The lowest BCUT2D eigenvalue weighted by Gasteiger charge is -2.15. The van der Waals surface area contributed by atoms with Crippen molar-refractivity contribution in [3.63, 3.8) is 0 Å². The molecule has 1 N–H and O–H groups in total. The van der Waals surface area contributed by atoms with Gasteiger partial charge in [0.05, 0.1) is 11.8 Å². The van der Waals surface area contributed by atoms with Crippen molar-refractivity contribution < 1.29 is 4.79 Å². The smallest absolute Gasteiger partial charge is 0.230 e. The summed E-state index contributed by atoms with van der Waals surface area (Å²) in [5.41, 5.74) is 3.68. The van der Waals surface area contributed by atoms with Crippen LogP contribution in [-0.2, 0) is 4.79 Å². The minimum Gasteiger partial charge on any atom is -0.349 e. The van der Waals surface area contributed by atoms with Crippen molar-refractivity contribution in [3.8, 4) is 0 Å². The molecule has 3 heteroatoms. The van der Waals surface area contributed by atoms with E-state index in [0.29, 0.717) is 5.75 Å². The van der Waals surface area contributed by atoms with Crippen LogP contribution in [0.25, 0.3) is 0 Å². The van der Waals surface area contributed by atoms with Gasteiger partial charge in [0.1, 0.15) is 0 Å². The number of thioether (sulfide) groups is 1. The first-order valence-electron chi connectivity index (χ1n) is 7.10. The summed E-state index contributed by atoms with van der Waals surface area (Å²) in [5, 5.41) is 3.05. The predicted octanol–water partition coefficient (Wildman–Crippen LogP) is 4.27. The zero-order chi connectivity index (χ0) is 15.2. The zero-order valence-electron chi connectivity index (χ0n) is 12.7. The highest BCUT2D eigenvalue weighted by Gasteiger charge is 2.10. The summed E-state index contributed by atoms with van der Waals surface area (Å²) in [5.74, 6) is 0.508. The lowest BCUT2D eigenvalue weighted by molar-refractivity contribution is -0.119. The number of nitrogens with one attached hydrogen (secondary N) is 1. The van der Waals surface area contributed by atoms with Crippen LogP contribution in [0.3, 0.4) is 0 Å². The van der Waals surface area contributed by atoms with Crippen molar-refractivity contribution in [2.24, 2.45) is 0 Å². The standard InChI is InChI=1S/C18H21NOS/c1-13-9-10-16(11-14(13)2)15(3)19-18(20)12-21-17-7-5-4-6-8-17/h4-11,15H,12H2,1-3H3,(H,19,20)/t15-/m1/s1. The first-order valence-corrected chi connectivity index (χ1v) is 8.09. The summed E-state index contributed by atoms with van der Waals surface area (Å²) in [6, 6.07) is 16.3. The molecule has 0 saturated heterocycles. The summed E-state index contributed by atoms with van der Waals surface area (Å²) in [7, 11) is 0. The van der Waals surface area contributed by atoms with E-state index in [1.54, 1.807) is 11.8 Å². The van der Waals surface area contributed by atoms with Gasteiger partial charge in [-0.05, 0) is 49.6 Å². The Balaban J connectivity index is 1.88. The molecule has 1 amide bonds. The van der Waals surface area contributed by atoms with Gasteiger partial charge in [0.15, 0.2) is 0 Å². The highest BCUT2D eigenvalue weighted by Crippen LogP contribution is 2.19. The Morgan fingerprint density at radius 1 is 1.10 bits per heavy atom. The van der Waals surface area contributed by atoms with Gasteiger partial charge in [-0.15, -0.1) is 11.8 Å². The minimum absolute atomic E-state index is 0.0353. The monoisotopic (exact) mass is 299 g/mol. The maximum Gasteiger partial charge on any atom is 0.230 e. The number of aryl methyl sites for hydroxylation is 2. The van der Waals surface area contributed by atoms with E-state index in [1.807, 2.05) is 37.3 Å². The Morgan fingerprint density at radius 2 is 1.81 bits per heavy atom. The van der Waals surface area contributed by atoms with E-state index in [9.17, 15) is 4.79 Å². The number of hydrogen-bond acceptors (Lipinski definition) is 2. The first-order chi connectivity index (χ1) is 10.1. The number of carbonyl (C=O) groups is 1. The molecule has 2 aromatic rings. The second kappa shape index (κ2) is 7.32. The molecule has 0 saturated carbocycles. The van der Waals surface area contributed by atoms with Crippen LogP contribution in [0.2, 0.25) is 0 Å². The molecule has 0 aliphatic rings. The Hall–Kier alpha value is -1.74. The van der Waals surface area contributed by atoms with Crippen LogP contribution in [-0.4, -0.2) is 11.7 Å². The van der Waals surface area contributed by atoms with Crippen molar-refractivity contribution >= 4 is 17.7 Å². The van der Waals surface area contributed by atoms with Gasteiger partial charge in [0.2, 0.25) is 5.91 Å². The van der Waals surface area contributed by atoms with E-state index in [-0.39, 0.29) is 11.9 Å². The second-order valence-electron chi connectivity index (χ2n) is 5.23. The molecule has 1 atom stereocenters. The fourth-order valence-electron chi connectivity index (χ4n) is 2.07. The lowest BCUT2D eigenvalue weighted by Crippen LogP contribution is -2.28. The van der Waals surface area contributed by atoms with Crippen LogP contribution in [0, 0.1) is 13.8 Å². The summed E-state index contributed by atoms with van der Waals surface area (Å²) in [6.45, 7) is 6.21. The van der Waals surface area contributed by atoms with Crippen molar-refractivity contribution in [1.29, 1.82) is 0 Å². The summed E-state index contributed by atoms with van der Waals surface area (Å²) in [6.07, 6.45) is 0. The molecule has 110 valence electrons. The van der Waals surface area contributed by atoms with Crippen LogP contribution in [0.5, 0.6) is 0 Å². The van der Waals surface area contributed by atoms with Gasteiger partial charge in [-0.1, -0.05) is 36.4 Å². The van der Waals surface area contributed by atoms with Crippen LogP contribution >= 0.6 is 11.8 Å². The average molecular weight is 299 g/mol. The van der Waals surface area contributed by atoms with Gasteiger partial charge < -0.3 is 5.32 Å². The molecule has 0 aromatic heterocycles. The highest BCUT2D eigenvalue weighted by atomic mass is 32.2. The van der Waals surface area contributed by atoms with E-state index in [1.165, 1.54) is 11.1 Å². The summed E-state index contributed by atoms with van der Waals surface area (Å²) >= 11 is 1.56. The number of carbonyl (C=O) groups excluding carboxylic acids is 1. The molecule has 21 heavy (non-hydrogen) atoms. The Kier molecular flexibility index (Phi) is 5.45. The van der Waals surface area contributed by atoms with Gasteiger partial charge in [0.25, 0.3) is 0 Å². The van der Waals surface area contributed by atoms with E-state index in [4.69, 9.17) is 0 Å². The molecular formula is C18H21NOS. The van der Waals surface area contributed by atoms with E-state index in [0.717, 1.165) is 10.5 Å². The normalized spacial score (nSPS) is 12.0. The maximum atomic E-state index is 12.0. The van der Waals surface area contributed by atoms with Crippen LogP contribution in [0.15, 0.2) is 53.4 Å². The van der Waals surface area contributed by atoms with Crippen LogP contribution in [0.4, 0.5) is 0 Å². The average Bonchev–Trinajstić information content (AvgIpc) is 2.49. The second-order valence-corrected chi connectivity index (χ2v) is 6.28. The summed E-state index contributed by atoms with van der Waals surface area (Å²) < 4.78 is 0. The molecule has 0 bridgehead atoms. The van der Waals surface area contributed by atoms with Crippen molar-refractivity contribution in [2.75, 3.05) is 5.75 Å². The van der Waals surface area contributed by atoms with Crippen molar-refractivity contribution in [2.45, 2.75) is 31.7 Å². The third-order valence-electron chi connectivity index (χ3n) is 3.52. The maximum absolute atomic E-state index is 12.0. The number of benzene rings is 2. The third kappa shape index (κ3) is 4.64. The van der Waals surface area contributed by atoms with Crippen molar-refractivity contribution in [1.82, 2.24) is 5.32 Å². The third-order valence-corrected chi connectivity index (χ3v) is 4.53. The van der Waals surface area contributed by atoms with E-state index in [2.05, 4.69) is 37.4 Å². The fourth-order valence-corrected chi connectivity index (χ4v) is 2.80. The quantitative estimate of drug-likeness (QED) is 0.835. The van der Waals surface area contributed by atoms with Gasteiger partial charge in [-0.2, -0.15) is 0 Å². The Morgan fingerprint density at radius 3 is 2.48 bits per heavy atom. The molecule has 0 aliphatic carbocycles. The lowest BCUT2D eigenvalue weighted by atomic mass is 10.0. The molecule has 0 fully saturated rings. The van der Waals surface area contributed by atoms with Gasteiger partial charge in [-0.25, -0.2) is 0 Å². The molecule has 2 nitrogen and oxygen atoms in total. The molecular weight excluding hydrogens is 278 g/mol. The first kappa shape index (κ1) is 15.6. The Labute approximate surface area is 131 Å². The Bertz CT molecular complexity index is 610. The number of rotatable bonds is 5. The van der Waals surface area contributed by atoms with Gasteiger partial charge >= 0.3 is 0 Å². The van der Waals surface area contributed by atoms with Gasteiger partial charge in [-0.3, -0.25) is 4.79 Å². The molecule has 0 spiro atoms. The zero-order valence-corrected chi connectivity index (χ0v) is 13.5. The molecule has 0 aliphatic heterocycles. The fraction of sp³-hybridized carbons (Fsp3) is 0.278. The topological polar surface area (TPSA) is 29.1 Å². The van der Waals surface area contributed by atoms with Gasteiger partial charge in [0, 0.05) is 4.90 Å². The largest absolute Gasteiger partial charge is 0.349 e. The molecule has 0 heterocycles. The highest BCUT2D eigenvalue weighted by molar-refractivity contribution is 8.00. The van der Waals surface area contributed by atoms with E-state index >= 15 is 0 Å². The molecule has 0 radical (unpaired) electrons. The van der Waals surface area contributed by atoms with Crippen LogP contribution < -0.4 is 5.32 Å².